The third kappa shape index (κ3) is 1.48. The molecule has 0 saturated heterocycles. The van der Waals surface area contributed by atoms with Crippen LogP contribution >= 0.6 is 0 Å². The number of hydrazone groups is 1. The maximum Gasteiger partial charge on any atom is 0.271 e. The summed E-state index contributed by atoms with van der Waals surface area (Å²) < 4.78 is 0. The summed E-state index contributed by atoms with van der Waals surface area (Å²) in [6.07, 6.45) is 0.741. The number of rotatable bonds is 0. The maximum absolute atomic E-state index is 11.7. The molecule has 2 aliphatic rings. The van der Waals surface area contributed by atoms with Gasteiger partial charge in [0.05, 0.1) is 5.71 Å². The molecule has 1 aliphatic heterocycles. The summed E-state index contributed by atoms with van der Waals surface area (Å²) in [5, 5.41) is 15.6. The highest BCUT2D eigenvalue weighted by Gasteiger charge is 2.39. The number of amides is 1. The van der Waals surface area contributed by atoms with Gasteiger partial charge in [0, 0.05) is 18.5 Å². The van der Waals surface area contributed by atoms with Gasteiger partial charge in [-0.25, -0.2) is 5.01 Å². The largest absolute Gasteiger partial charge is 0.382 e. The third-order valence-corrected chi connectivity index (χ3v) is 3.58. The molecule has 2 atom stereocenters. The number of aliphatic hydroxyl groups excluding tert-OH is 1. The molecule has 1 aliphatic carbocycles. The maximum atomic E-state index is 11.7. The lowest BCUT2D eigenvalue weighted by molar-refractivity contribution is -0.141. The van der Waals surface area contributed by atoms with Crippen LogP contribution in [0.3, 0.4) is 0 Å². The monoisotopic (exact) mass is 230 g/mol. The summed E-state index contributed by atoms with van der Waals surface area (Å²) in [5.74, 6) is -0.452. The van der Waals surface area contributed by atoms with E-state index in [0.29, 0.717) is 0 Å². The van der Waals surface area contributed by atoms with Gasteiger partial charge in [0.1, 0.15) is 6.10 Å². The Hall–Kier alpha value is -1.68. The van der Waals surface area contributed by atoms with Gasteiger partial charge in [-0.05, 0) is 18.4 Å². The minimum absolute atomic E-state index is 0.145. The highest BCUT2D eigenvalue weighted by molar-refractivity contribution is 6.08. The number of aryl methyl sites for hydroxylation is 1. The number of aliphatic hydroxyl groups is 1. The lowest BCUT2D eigenvalue weighted by Gasteiger charge is -2.35. The van der Waals surface area contributed by atoms with Crippen LogP contribution < -0.4 is 0 Å². The highest BCUT2D eigenvalue weighted by Crippen LogP contribution is 2.31. The molecule has 1 heterocycles. The number of carbonyl (C=O) groups excluding carboxylic acids is 1. The van der Waals surface area contributed by atoms with Crippen molar-refractivity contribution in [3.63, 3.8) is 0 Å². The summed E-state index contributed by atoms with van der Waals surface area (Å²) in [7, 11) is 1.59. The van der Waals surface area contributed by atoms with Crippen molar-refractivity contribution in [1.29, 1.82) is 0 Å². The van der Waals surface area contributed by atoms with Gasteiger partial charge >= 0.3 is 0 Å². The number of fused-ring (bicyclic) bond motifs is 3. The second kappa shape index (κ2) is 3.67. The molecule has 17 heavy (non-hydrogen) atoms. The number of benzene rings is 1. The average Bonchev–Trinajstić information content (AvgIpc) is 2.36. The topological polar surface area (TPSA) is 52.9 Å². The zero-order valence-corrected chi connectivity index (χ0v) is 9.63. The van der Waals surface area contributed by atoms with Crippen molar-refractivity contribution in [3.05, 3.63) is 35.4 Å². The second-order valence-electron chi connectivity index (χ2n) is 4.59. The van der Waals surface area contributed by atoms with E-state index in [9.17, 15) is 9.90 Å². The van der Waals surface area contributed by atoms with E-state index in [0.717, 1.165) is 24.1 Å². The van der Waals surface area contributed by atoms with Gasteiger partial charge in [-0.1, -0.05) is 24.3 Å². The molecular weight excluding hydrogens is 216 g/mol. The molecule has 1 aromatic carbocycles. The summed E-state index contributed by atoms with van der Waals surface area (Å²) in [6.45, 7) is 0. The molecular formula is C13H14N2O2. The Bertz CT molecular complexity index is 510. The van der Waals surface area contributed by atoms with Crippen LogP contribution in [0.5, 0.6) is 0 Å². The van der Waals surface area contributed by atoms with E-state index in [-0.39, 0.29) is 11.8 Å². The molecule has 3 rings (SSSR count). The lowest BCUT2D eigenvalue weighted by Crippen LogP contribution is -2.48. The van der Waals surface area contributed by atoms with Crippen molar-refractivity contribution in [2.75, 3.05) is 7.05 Å². The first-order chi connectivity index (χ1) is 8.18. The van der Waals surface area contributed by atoms with E-state index < -0.39 is 6.10 Å². The molecule has 0 fully saturated rings. The molecule has 0 saturated carbocycles. The van der Waals surface area contributed by atoms with Gasteiger partial charge in [-0.3, -0.25) is 4.79 Å². The van der Waals surface area contributed by atoms with Gasteiger partial charge in [-0.15, -0.1) is 0 Å². The molecule has 1 amide bonds. The predicted octanol–water partition coefficient (Wildman–Crippen LogP) is 0.786. The van der Waals surface area contributed by atoms with E-state index in [1.807, 2.05) is 18.2 Å². The van der Waals surface area contributed by atoms with Gasteiger partial charge in [0.2, 0.25) is 0 Å². The first kappa shape index (κ1) is 10.5. The first-order valence-corrected chi connectivity index (χ1v) is 5.81. The Morgan fingerprint density at radius 2 is 2.18 bits per heavy atom. The van der Waals surface area contributed by atoms with E-state index in [2.05, 4.69) is 11.2 Å². The molecule has 0 aromatic heterocycles. The van der Waals surface area contributed by atoms with Crippen LogP contribution in [-0.4, -0.2) is 34.9 Å². The standard InChI is InChI=1S/C13H14N2O2/c1-15-13(17)12(16)10-7-6-8-4-2-3-5-9(8)11(10)14-15/h2-5,10,12,16H,6-7H2,1H3/t10-,12-/m1/s1. The van der Waals surface area contributed by atoms with Gasteiger partial charge in [0.25, 0.3) is 5.91 Å². The Kier molecular flexibility index (Phi) is 2.26. The Balaban J connectivity index is 2.13. The predicted molar refractivity (Wildman–Crippen MR) is 63.6 cm³/mol. The molecule has 1 N–H and O–H groups in total. The molecule has 1 aromatic rings. The van der Waals surface area contributed by atoms with Crippen molar-refractivity contribution >= 4 is 11.6 Å². The number of hydrogen-bond donors (Lipinski definition) is 1. The Labute approximate surface area is 99.6 Å². The van der Waals surface area contributed by atoms with E-state index in [1.165, 1.54) is 10.6 Å². The van der Waals surface area contributed by atoms with Crippen molar-refractivity contribution in [2.24, 2.45) is 11.0 Å². The first-order valence-electron chi connectivity index (χ1n) is 5.81. The van der Waals surface area contributed by atoms with Crippen molar-refractivity contribution in [1.82, 2.24) is 5.01 Å². The molecule has 0 unspecified atom stereocenters. The zero-order valence-electron chi connectivity index (χ0n) is 9.63. The normalized spacial score (nSPS) is 27.3. The quantitative estimate of drug-likeness (QED) is 0.716. The van der Waals surface area contributed by atoms with Crippen molar-refractivity contribution < 1.29 is 9.90 Å². The van der Waals surface area contributed by atoms with Gasteiger partial charge in [0.15, 0.2) is 0 Å². The summed E-state index contributed by atoms with van der Waals surface area (Å²) >= 11 is 0. The van der Waals surface area contributed by atoms with Crippen molar-refractivity contribution in [2.45, 2.75) is 18.9 Å². The summed E-state index contributed by atoms with van der Waals surface area (Å²) in [4.78, 5) is 11.7. The summed E-state index contributed by atoms with van der Waals surface area (Å²) in [5.41, 5.74) is 3.17. The van der Waals surface area contributed by atoms with Crippen LogP contribution in [-0.2, 0) is 11.2 Å². The number of likely N-dealkylation sites (N-methyl/N-ethyl adjacent to an activating group) is 1. The van der Waals surface area contributed by atoms with Crippen LogP contribution in [0.2, 0.25) is 0 Å². The average molecular weight is 230 g/mol. The van der Waals surface area contributed by atoms with Crippen LogP contribution in [0.15, 0.2) is 29.4 Å². The minimum Gasteiger partial charge on any atom is -0.382 e. The fourth-order valence-corrected chi connectivity index (χ4v) is 2.65. The smallest absolute Gasteiger partial charge is 0.271 e. The summed E-state index contributed by atoms with van der Waals surface area (Å²) in [6, 6.07) is 8.06. The van der Waals surface area contributed by atoms with E-state index >= 15 is 0 Å². The Morgan fingerprint density at radius 1 is 1.41 bits per heavy atom. The van der Waals surface area contributed by atoms with Crippen molar-refractivity contribution in [3.8, 4) is 0 Å². The second-order valence-corrected chi connectivity index (χ2v) is 4.59. The third-order valence-electron chi connectivity index (χ3n) is 3.58. The zero-order chi connectivity index (χ0) is 12.0. The van der Waals surface area contributed by atoms with Gasteiger partial charge < -0.3 is 5.11 Å². The molecule has 0 radical (unpaired) electrons. The molecule has 4 nitrogen and oxygen atoms in total. The van der Waals surface area contributed by atoms with Gasteiger partial charge in [-0.2, -0.15) is 5.10 Å². The highest BCUT2D eigenvalue weighted by atomic mass is 16.3. The van der Waals surface area contributed by atoms with E-state index in [1.54, 1.807) is 7.05 Å². The molecule has 0 bridgehead atoms. The van der Waals surface area contributed by atoms with Crippen LogP contribution in [0.1, 0.15) is 17.5 Å². The Morgan fingerprint density at radius 3 is 3.00 bits per heavy atom. The van der Waals surface area contributed by atoms with Crippen LogP contribution in [0.4, 0.5) is 0 Å². The molecule has 88 valence electrons. The SMILES string of the molecule is CN1N=C2c3ccccc3CC[C@H]2[C@@H](O)C1=O. The van der Waals surface area contributed by atoms with E-state index in [4.69, 9.17) is 0 Å². The van der Waals surface area contributed by atoms with Crippen LogP contribution in [0, 0.1) is 5.92 Å². The number of nitrogens with zero attached hydrogens (tertiary/aromatic N) is 2. The fourth-order valence-electron chi connectivity index (χ4n) is 2.65. The minimum atomic E-state index is -0.944. The molecule has 4 heteroatoms. The van der Waals surface area contributed by atoms with Crippen LogP contribution in [0.25, 0.3) is 0 Å². The number of hydrogen-bond acceptors (Lipinski definition) is 3. The number of carbonyl (C=O) groups is 1. The molecule has 0 spiro atoms. The fraction of sp³-hybridized carbons (Fsp3) is 0.385. The lowest BCUT2D eigenvalue weighted by atomic mass is 9.78.